The zero-order chi connectivity index (χ0) is 19.9. The van der Waals surface area contributed by atoms with Gasteiger partial charge < -0.3 is 16.4 Å². The van der Waals surface area contributed by atoms with Crippen LogP contribution in [0.25, 0.3) is 0 Å². The molecule has 8 nitrogen and oxygen atoms in total. The van der Waals surface area contributed by atoms with Crippen LogP contribution in [0.1, 0.15) is 55.1 Å². The molecule has 28 heavy (non-hydrogen) atoms. The number of rotatable bonds is 4. The summed E-state index contributed by atoms with van der Waals surface area (Å²) in [5.74, 6) is 0.534. The molecule has 1 atom stereocenters. The van der Waals surface area contributed by atoms with Crippen LogP contribution >= 0.6 is 0 Å². The number of allylic oxidation sites excluding steroid dienone is 1. The minimum absolute atomic E-state index is 0.207. The Morgan fingerprint density at radius 2 is 2.14 bits per heavy atom. The summed E-state index contributed by atoms with van der Waals surface area (Å²) in [5, 5.41) is 6.11. The topological polar surface area (TPSA) is 115 Å². The number of hydrogen-bond acceptors (Lipinski definition) is 6. The number of anilines is 3. The number of pyridine rings is 1. The molecule has 8 heteroatoms. The van der Waals surface area contributed by atoms with Crippen molar-refractivity contribution in [2.24, 2.45) is 0 Å². The number of hydrogen-bond donors (Lipinski definition) is 3. The van der Waals surface area contributed by atoms with Crippen molar-refractivity contribution in [1.82, 2.24) is 19.9 Å². The summed E-state index contributed by atoms with van der Waals surface area (Å²) >= 11 is 0. The van der Waals surface area contributed by atoms with E-state index in [0.29, 0.717) is 29.4 Å². The van der Waals surface area contributed by atoms with Crippen LogP contribution in [0.4, 0.5) is 17.3 Å². The van der Waals surface area contributed by atoms with Gasteiger partial charge in [0.1, 0.15) is 35.0 Å². The molecule has 0 saturated heterocycles. The zero-order valence-corrected chi connectivity index (χ0v) is 16.1. The molecule has 146 valence electrons. The van der Waals surface area contributed by atoms with Crippen LogP contribution in [0.2, 0.25) is 0 Å². The number of amides is 1. The van der Waals surface area contributed by atoms with E-state index in [4.69, 9.17) is 5.73 Å². The van der Waals surface area contributed by atoms with E-state index in [0.717, 1.165) is 31.2 Å². The number of nitrogens with two attached hydrogens (primary N) is 1. The predicted molar refractivity (Wildman–Crippen MR) is 107 cm³/mol. The second kappa shape index (κ2) is 6.78. The average molecular weight is 380 g/mol. The van der Waals surface area contributed by atoms with Crippen molar-refractivity contribution in [2.45, 2.75) is 51.6 Å². The number of aromatic nitrogens is 3. The Bertz CT molecular complexity index is 1040. The maximum atomic E-state index is 13.4. The summed E-state index contributed by atoms with van der Waals surface area (Å²) in [4.78, 5) is 34.1. The van der Waals surface area contributed by atoms with E-state index in [1.165, 1.54) is 11.9 Å². The Labute approximate surface area is 162 Å². The number of nitrogens with zero attached hydrogens (tertiary/aromatic N) is 3. The normalized spacial score (nSPS) is 20.6. The molecule has 0 fully saturated rings. The van der Waals surface area contributed by atoms with E-state index >= 15 is 0 Å². The van der Waals surface area contributed by atoms with Gasteiger partial charge in [0, 0.05) is 6.07 Å². The number of aryl methyl sites for hydroxylation is 1. The Morgan fingerprint density at radius 3 is 2.89 bits per heavy atom. The number of carbonyl (C=O) groups excluding carboxylic acids is 1. The van der Waals surface area contributed by atoms with E-state index in [1.54, 1.807) is 16.7 Å². The SMILES string of the molecule is CCCC1=CC2(CCC1)NC(=O)c1c(C)cc(Nc3cc(N)ncn3)c(=O)n12. The first-order chi connectivity index (χ1) is 13.4. The van der Waals surface area contributed by atoms with Crippen LogP contribution in [0.3, 0.4) is 0 Å². The van der Waals surface area contributed by atoms with E-state index in [-0.39, 0.29) is 11.5 Å². The molecular formula is C20H24N6O2. The second-order valence-electron chi connectivity index (χ2n) is 7.47. The van der Waals surface area contributed by atoms with E-state index in [9.17, 15) is 9.59 Å². The van der Waals surface area contributed by atoms with Crippen LogP contribution in [-0.4, -0.2) is 20.4 Å². The molecule has 1 unspecified atom stereocenters. The molecule has 2 aliphatic rings. The van der Waals surface area contributed by atoms with Gasteiger partial charge in [0.15, 0.2) is 0 Å². The summed E-state index contributed by atoms with van der Waals surface area (Å²) in [6.07, 6.45) is 8.06. The van der Waals surface area contributed by atoms with Crippen molar-refractivity contribution >= 4 is 23.2 Å². The maximum Gasteiger partial charge on any atom is 0.277 e. The lowest BCUT2D eigenvalue weighted by molar-refractivity contribution is 0.0931. The Morgan fingerprint density at radius 1 is 1.32 bits per heavy atom. The van der Waals surface area contributed by atoms with Gasteiger partial charge in [-0.3, -0.25) is 14.2 Å². The summed E-state index contributed by atoms with van der Waals surface area (Å²) < 4.78 is 1.62. The third-order valence-electron chi connectivity index (χ3n) is 5.36. The molecule has 0 aromatic carbocycles. The number of carbonyl (C=O) groups is 1. The number of fused-ring (bicyclic) bond motifs is 2. The van der Waals surface area contributed by atoms with Gasteiger partial charge in [0.25, 0.3) is 11.5 Å². The lowest BCUT2D eigenvalue weighted by atomic mass is 9.88. The Kier molecular flexibility index (Phi) is 4.41. The zero-order valence-electron chi connectivity index (χ0n) is 16.1. The summed E-state index contributed by atoms with van der Waals surface area (Å²) in [6, 6.07) is 3.25. The van der Waals surface area contributed by atoms with Gasteiger partial charge in [-0.1, -0.05) is 18.9 Å². The van der Waals surface area contributed by atoms with Gasteiger partial charge in [0.2, 0.25) is 0 Å². The Hall–Kier alpha value is -3.16. The lowest BCUT2D eigenvalue weighted by Crippen LogP contribution is -2.47. The third-order valence-corrected chi connectivity index (χ3v) is 5.36. The van der Waals surface area contributed by atoms with Crippen LogP contribution in [0.5, 0.6) is 0 Å². The monoisotopic (exact) mass is 380 g/mol. The van der Waals surface area contributed by atoms with E-state index in [1.807, 2.05) is 6.92 Å². The third kappa shape index (κ3) is 2.94. The molecule has 1 aliphatic carbocycles. The molecule has 4 N–H and O–H groups in total. The predicted octanol–water partition coefficient (Wildman–Crippen LogP) is 2.58. The van der Waals surface area contributed by atoms with Gasteiger partial charge in [-0.15, -0.1) is 0 Å². The molecule has 0 saturated carbocycles. The highest BCUT2D eigenvalue weighted by Crippen LogP contribution is 2.37. The molecule has 3 heterocycles. The molecule has 1 amide bonds. The van der Waals surface area contributed by atoms with E-state index in [2.05, 4.69) is 33.6 Å². The largest absolute Gasteiger partial charge is 0.384 e. The molecule has 0 radical (unpaired) electrons. The van der Waals surface area contributed by atoms with Crippen LogP contribution < -0.4 is 21.9 Å². The fraction of sp³-hybridized carbons (Fsp3) is 0.400. The molecule has 0 bridgehead atoms. The molecule has 2 aromatic heterocycles. The highest BCUT2D eigenvalue weighted by Gasteiger charge is 2.44. The fourth-order valence-corrected chi connectivity index (χ4v) is 4.25. The van der Waals surface area contributed by atoms with Crippen LogP contribution in [0.15, 0.2) is 34.9 Å². The van der Waals surface area contributed by atoms with Crippen molar-refractivity contribution in [3.8, 4) is 0 Å². The molecule has 1 aliphatic heterocycles. The minimum atomic E-state index is -0.792. The first kappa shape index (κ1) is 18.2. The number of nitrogen functional groups attached to an aromatic ring is 1. The smallest absolute Gasteiger partial charge is 0.277 e. The maximum absolute atomic E-state index is 13.4. The number of nitrogens with one attached hydrogen (secondary N) is 2. The summed E-state index contributed by atoms with van der Waals surface area (Å²) in [6.45, 7) is 3.97. The first-order valence-electron chi connectivity index (χ1n) is 9.58. The van der Waals surface area contributed by atoms with Crippen molar-refractivity contribution < 1.29 is 4.79 Å². The lowest BCUT2D eigenvalue weighted by Gasteiger charge is -2.33. The highest BCUT2D eigenvalue weighted by atomic mass is 16.2. The van der Waals surface area contributed by atoms with Gasteiger partial charge in [-0.25, -0.2) is 9.97 Å². The Balaban J connectivity index is 1.85. The first-order valence-corrected chi connectivity index (χ1v) is 9.58. The standard InChI is InChI=1S/C20H24N6O2/c1-3-5-13-6-4-7-20(10-13)25-18(27)17-12(2)8-14(19(28)26(17)20)24-16-9-15(21)22-11-23-16/h8-11H,3-7H2,1-2H3,(H,25,27)(H3,21,22,23,24). The van der Waals surface area contributed by atoms with Crippen LogP contribution in [0, 0.1) is 6.92 Å². The van der Waals surface area contributed by atoms with Gasteiger partial charge in [0.05, 0.1) is 0 Å². The molecule has 1 spiro atoms. The minimum Gasteiger partial charge on any atom is -0.384 e. The second-order valence-corrected chi connectivity index (χ2v) is 7.47. The molecule has 4 rings (SSSR count). The van der Waals surface area contributed by atoms with Crippen molar-refractivity contribution in [3.05, 3.63) is 51.7 Å². The summed E-state index contributed by atoms with van der Waals surface area (Å²) in [5.41, 5.74) is 7.45. The van der Waals surface area contributed by atoms with Gasteiger partial charge >= 0.3 is 0 Å². The van der Waals surface area contributed by atoms with Crippen molar-refractivity contribution in [3.63, 3.8) is 0 Å². The van der Waals surface area contributed by atoms with Crippen LogP contribution in [-0.2, 0) is 5.66 Å². The van der Waals surface area contributed by atoms with Gasteiger partial charge in [-0.05, 0) is 50.3 Å². The highest BCUT2D eigenvalue weighted by molar-refractivity contribution is 5.97. The van der Waals surface area contributed by atoms with Crippen molar-refractivity contribution in [2.75, 3.05) is 11.1 Å². The summed E-state index contributed by atoms with van der Waals surface area (Å²) in [7, 11) is 0. The fourth-order valence-electron chi connectivity index (χ4n) is 4.25. The van der Waals surface area contributed by atoms with Gasteiger partial charge in [-0.2, -0.15) is 0 Å². The van der Waals surface area contributed by atoms with E-state index < -0.39 is 5.66 Å². The molecular weight excluding hydrogens is 356 g/mol. The average Bonchev–Trinajstić information content (AvgIpc) is 2.92. The molecule has 2 aromatic rings. The quantitative estimate of drug-likeness (QED) is 0.702. The van der Waals surface area contributed by atoms with Crippen molar-refractivity contribution in [1.29, 1.82) is 0 Å².